The molecule has 0 aromatic heterocycles. The number of piperidine rings is 1. The molecule has 72 valence electrons. The van der Waals surface area contributed by atoms with Crippen LogP contribution < -0.4 is 0 Å². The summed E-state index contributed by atoms with van der Waals surface area (Å²) >= 11 is 0. The van der Waals surface area contributed by atoms with Crippen molar-refractivity contribution >= 4 is 5.97 Å². The van der Waals surface area contributed by atoms with Gasteiger partial charge in [0.1, 0.15) is 6.10 Å². The molecule has 13 heavy (non-hydrogen) atoms. The Morgan fingerprint density at radius 1 is 1.62 bits per heavy atom. The molecule has 0 aromatic rings. The molecule has 0 unspecified atom stereocenters. The van der Waals surface area contributed by atoms with Crippen molar-refractivity contribution in [2.45, 2.75) is 32.3 Å². The van der Waals surface area contributed by atoms with Gasteiger partial charge in [0.2, 0.25) is 0 Å². The molecule has 0 atom stereocenters. The summed E-state index contributed by atoms with van der Waals surface area (Å²) in [5.74, 6) is -0.112. The second kappa shape index (κ2) is 4.76. The fraction of sp³-hybridized carbons (Fsp3) is 0.700. The lowest BCUT2D eigenvalue weighted by Crippen LogP contribution is -2.34. The predicted molar refractivity (Wildman–Crippen MR) is 49.8 cm³/mol. The van der Waals surface area contributed by atoms with Crippen LogP contribution in [0.3, 0.4) is 0 Å². The molecule has 1 fully saturated rings. The number of esters is 1. The lowest BCUT2D eigenvalue weighted by atomic mass is 10.1. The van der Waals surface area contributed by atoms with E-state index in [4.69, 9.17) is 11.2 Å². The molecule has 0 spiro atoms. The largest absolute Gasteiger partial charge is 0.462 e. The van der Waals surface area contributed by atoms with E-state index >= 15 is 0 Å². The van der Waals surface area contributed by atoms with Gasteiger partial charge in [0.05, 0.1) is 0 Å². The summed E-state index contributed by atoms with van der Waals surface area (Å²) in [6.45, 7) is 3.47. The maximum atomic E-state index is 11.0. The van der Waals surface area contributed by atoms with Crippen LogP contribution in [-0.2, 0) is 9.53 Å². The van der Waals surface area contributed by atoms with Crippen LogP contribution in [0.1, 0.15) is 26.2 Å². The van der Waals surface area contributed by atoms with Gasteiger partial charge in [-0.2, -0.15) is 0 Å². The molecule has 0 bridgehead atoms. The van der Waals surface area contributed by atoms with Crippen LogP contribution in [0, 0.1) is 12.5 Å². The number of hydrogen-bond donors (Lipinski definition) is 0. The summed E-state index contributed by atoms with van der Waals surface area (Å²) in [5.41, 5.74) is 0. The number of nitrogens with zero attached hydrogens (tertiary/aromatic N) is 1. The SMILES string of the molecule is C#CN1CCC(OC(=O)CC)CC1. The Labute approximate surface area is 79.1 Å². The molecule has 0 radical (unpaired) electrons. The van der Waals surface area contributed by atoms with Gasteiger partial charge in [-0.25, -0.2) is 0 Å². The first-order chi connectivity index (χ1) is 6.26. The number of likely N-dealkylation sites (tertiary alicyclic amines) is 1. The second-order valence-corrected chi connectivity index (χ2v) is 3.16. The van der Waals surface area contributed by atoms with Crippen LogP contribution in [0.5, 0.6) is 0 Å². The Morgan fingerprint density at radius 3 is 2.69 bits per heavy atom. The van der Waals surface area contributed by atoms with Crippen molar-refractivity contribution in [3.63, 3.8) is 0 Å². The molecule has 1 rings (SSSR count). The van der Waals surface area contributed by atoms with Crippen molar-refractivity contribution in [1.82, 2.24) is 4.90 Å². The van der Waals surface area contributed by atoms with Crippen LogP contribution in [0.2, 0.25) is 0 Å². The minimum absolute atomic E-state index is 0.0806. The summed E-state index contributed by atoms with van der Waals surface area (Å²) in [7, 11) is 0. The molecule has 3 heteroatoms. The van der Waals surface area contributed by atoms with Crippen molar-refractivity contribution in [3.05, 3.63) is 0 Å². The smallest absolute Gasteiger partial charge is 0.305 e. The lowest BCUT2D eigenvalue weighted by Gasteiger charge is -2.28. The molecule has 0 saturated carbocycles. The summed E-state index contributed by atoms with van der Waals surface area (Å²) in [5, 5.41) is 0. The molecule has 3 nitrogen and oxygen atoms in total. The summed E-state index contributed by atoms with van der Waals surface area (Å²) in [4.78, 5) is 12.9. The Morgan fingerprint density at radius 2 is 2.23 bits per heavy atom. The maximum Gasteiger partial charge on any atom is 0.305 e. The van der Waals surface area contributed by atoms with E-state index in [0.717, 1.165) is 25.9 Å². The first-order valence-electron chi connectivity index (χ1n) is 4.67. The standard InChI is InChI=1S/C10H15NO2/c1-3-10(12)13-9-5-7-11(4-2)8-6-9/h2,9H,3,5-8H2,1H3. The van der Waals surface area contributed by atoms with Gasteiger partial charge in [0, 0.05) is 38.4 Å². The third kappa shape index (κ3) is 2.98. The number of ether oxygens (including phenoxy) is 1. The van der Waals surface area contributed by atoms with Crippen molar-refractivity contribution in [2.75, 3.05) is 13.1 Å². The minimum Gasteiger partial charge on any atom is -0.462 e. The highest BCUT2D eigenvalue weighted by molar-refractivity contribution is 5.69. The van der Waals surface area contributed by atoms with Crippen molar-refractivity contribution in [3.8, 4) is 12.5 Å². The van der Waals surface area contributed by atoms with E-state index in [2.05, 4.69) is 6.04 Å². The van der Waals surface area contributed by atoms with E-state index in [9.17, 15) is 4.79 Å². The summed E-state index contributed by atoms with van der Waals surface area (Å²) < 4.78 is 5.20. The Hall–Kier alpha value is -1.17. The molecule has 1 aliphatic heterocycles. The first-order valence-corrected chi connectivity index (χ1v) is 4.67. The van der Waals surface area contributed by atoms with Crippen LogP contribution in [0.4, 0.5) is 0 Å². The second-order valence-electron chi connectivity index (χ2n) is 3.16. The highest BCUT2D eigenvalue weighted by atomic mass is 16.5. The lowest BCUT2D eigenvalue weighted by molar-refractivity contribution is -0.150. The Bertz CT molecular complexity index is 211. The molecule has 0 N–H and O–H groups in total. The first kappa shape index (κ1) is 9.91. The third-order valence-electron chi connectivity index (χ3n) is 2.21. The van der Waals surface area contributed by atoms with Crippen LogP contribution in [-0.4, -0.2) is 30.1 Å². The average molecular weight is 181 g/mol. The van der Waals surface area contributed by atoms with Crippen LogP contribution in [0.15, 0.2) is 0 Å². The number of carbonyl (C=O) groups is 1. The monoisotopic (exact) mass is 181 g/mol. The summed E-state index contributed by atoms with van der Waals surface area (Å²) in [6, 6.07) is 2.58. The minimum atomic E-state index is -0.112. The van der Waals surface area contributed by atoms with Gasteiger partial charge in [-0.05, 0) is 0 Å². The quantitative estimate of drug-likeness (QED) is 0.470. The van der Waals surface area contributed by atoms with E-state index in [-0.39, 0.29) is 12.1 Å². The third-order valence-corrected chi connectivity index (χ3v) is 2.21. The Balaban J connectivity index is 2.26. The van der Waals surface area contributed by atoms with Gasteiger partial charge in [0.15, 0.2) is 0 Å². The van der Waals surface area contributed by atoms with Crippen molar-refractivity contribution < 1.29 is 9.53 Å². The predicted octanol–water partition coefficient (Wildman–Crippen LogP) is 0.995. The molecule has 0 aromatic carbocycles. The summed E-state index contributed by atoms with van der Waals surface area (Å²) in [6.07, 6.45) is 7.49. The van der Waals surface area contributed by atoms with Crippen LogP contribution >= 0.6 is 0 Å². The van der Waals surface area contributed by atoms with E-state index in [1.807, 2.05) is 4.90 Å². The van der Waals surface area contributed by atoms with E-state index < -0.39 is 0 Å². The highest BCUT2D eigenvalue weighted by Gasteiger charge is 2.19. The molecule has 1 saturated heterocycles. The zero-order chi connectivity index (χ0) is 9.68. The molecule has 0 amide bonds. The molecule has 0 aliphatic carbocycles. The number of rotatable bonds is 2. The van der Waals surface area contributed by atoms with E-state index in [1.54, 1.807) is 6.92 Å². The average Bonchev–Trinajstić information content (AvgIpc) is 2.19. The molecule has 1 heterocycles. The zero-order valence-electron chi connectivity index (χ0n) is 7.95. The number of carbonyl (C=O) groups excluding carboxylic acids is 1. The number of hydrogen-bond acceptors (Lipinski definition) is 3. The fourth-order valence-corrected chi connectivity index (χ4v) is 1.37. The van der Waals surface area contributed by atoms with Gasteiger partial charge < -0.3 is 9.64 Å². The molecular weight excluding hydrogens is 166 g/mol. The Kier molecular flexibility index (Phi) is 3.63. The van der Waals surface area contributed by atoms with Crippen molar-refractivity contribution in [1.29, 1.82) is 0 Å². The normalized spacial score (nSPS) is 18.0. The van der Waals surface area contributed by atoms with E-state index in [1.165, 1.54) is 0 Å². The molecular formula is C10H15NO2. The van der Waals surface area contributed by atoms with Gasteiger partial charge in [-0.3, -0.25) is 4.79 Å². The van der Waals surface area contributed by atoms with Gasteiger partial charge in [-0.1, -0.05) is 13.3 Å². The topological polar surface area (TPSA) is 29.5 Å². The van der Waals surface area contributed by atoms with Gasteiger partial charge in [0.25, 0.3) is 0 Å². The zero-order valence-corrected chi connectivity index (χ0v) is 7.95. The highest BCUT2D eigenvalue weighted by Crippen LogP contribution is 2.13. The fourth-order valence-electron chi connectivity index (χ4n) is 1.37. The van der Waals surface area contributed by atoms with Gasteiger partial charge >= 0.3 is 5.97 Å². The van der Waals surface area contributed by atoms with Crippen molar-refractivity contribution in [2.24, 2.45) is 0 Å². The van der Waals surface area contributed by atoms with Crippen LogP contribution in [0.25, 0.3) is 0 Å². The molecule has 1 aliphatic rings. The number of terminal acetylenes is 1. The van der Waals surface area contributed by atoms with E-state index in [0.29, 0.717) is 6.42 Å². The van der Waals surface area contributed by atoms with Gasteiger partial charge in [-0.15, -0.1) is 0 Å². The maximum absolute atomic E-state index is 11.0.